The Morgan fingerprint density at radius 2 is 1.83 bits per heavy atom. The zero-order valence-electron chi connectivity index (χ0n) is 22.3. The number of aliphatic carboxylic acids is 1. The highest BCUT2D eigenvalue weighted by Crippen LogP contribution is 2.39. The molecule has 4 amide bonds. The van der Waals surface area contributed by atoms with Crippen LogP contribution in [0, 0.1) is 0 Å². The minimum Gasteiger partial charge on any atom is -0.481 e. The average molecular weight is 564 g/mol. The van der Waals surface area contributed by atoms with E-state index in [4.69, 9.17) is 0 Å². The fourth-order valence-corrected chi connectivity index (χ4v) is 5.46. The van der Waals surface area contributed by atoms with E-state index < -0.39 is 41.8 Å². The van der Waals surface area contributed by atoms with E-state index >= 15 is 0 Å². The number of hydrogen-bond donors (Lipinski definition) is 7. The Balaban J connectivity index is 1.32. The Morgan fingerprint density at radius 3 is 2.56 bits per heavy atom. The van der Waals surface area contributed by atoms with Gasteiger partial charge in [0.2, 0.25) is 17.7 Å². The van der Waals surface area contributed by atoms with Crippen LogP contribution in [0.1, 0.15) is 40.7 Å². The number of aryl methyl sites for hydroxylation is 1. The normalized spacial score (nSPS) is 21.9. The standard InChI is InChI=1S/C28H33N7O6/c36-23(37)12-11-20(31-25(38)17-5-2-1-3-6-17)26(39)32-21-10-9-16-7-4-8-18-13-22(35(24(16)18)28(21)41)27(40)29-14-19-15-30-34-33-19/h1-8,19-22,30,33-34H,9-15H2,(H,29,40)(H,31,38)(H,32,39)(H,36,37)/t19?,20-,21-,22-/m0/s1. The topological polar surface area (TPSA) is 181 Å². The molecule has 1 fully saturated rings. The van der Waals surface area contributed by atoms with E-state index in [1.807, 2.05) is 18.2 Å². The number of nitrogens with zero attached hydrogens (tertiary/aromatic N) is 1. The van der Waals surface area contributed by atoms with Gasteiger partial charge in [-0.15, -0.1) is 0 Å². The van der Waals surface area contributed by atoms with Gasteiger partial charge in [-0.1, -0.05) is 36.4 Å². The highest BCUT2D eigenvalue weighted by atomic mass is 16.4. The second-order valence-electron chi connectivity index (χ2n) is 10.4. The first-order valence-electron chi connectivity index (χ1n) is 13.6. The van der Waals surface area contributed by atoms with Crippen LogP contribution in [0.4, 0.5) is 5.69 Å². The third-order valence-corrected chi connectivity index (χ3v) is 7.57. The van der Waals surface area contributed by atoms with Crippen LogP contribution in [0.25, 0.3) is 0 Å². The van der Waals surface area contributed by atoms with Crippen LogP contribution in [-0.4, -0.2) is 72.0 Å². The molecule has 41 heavy (non-hydrogen) atoms. The summed E-state index contributed by atoms with van der Waals surface area (Å²) >= 11 is 0. The van der Waals surface area contributed by atoms with Crippen molar-refractivity contribution in [3.63, 3.8) is 0 Å². The monoisotopic (exact) mass is 563 g/mol. The van der Waals surface area contributed by atoms with Crippen molar-refractivity contribution in [1.29, 1.82) is 0 Å². The predicted octanol–water partition coefficient (Wildman–Crippen LogP) is -0.864. The number of carbonyl (C=O) groups excluding carboxylic acids is 4. The largest absolute Gasteiger partial charge is 0.481 e. The van der Waals surface area contributed by atoms with Crippen LogP contribution in [0.5, 0.6) is 0 Å². The summed E-state index contributed by atoms with van der Waals surface area (Å²) in [4.78, 5) is 66.2. The summed E-state index contributed by atoms with van der Waals surface area (Å²) in [7, 11) is 0. The van der Waals surface area contributed by atoms with Crippen molar-refractivity contribution in [1.82, 2.24) is 32.3 Å². The van der Waals surface area contributed by atoms with Gasteiger partial charge in [-0.2, -0.15) is 5.53 Å². The van der Waals surface area contributed by atoms with Gasteiger partial charge in [-0.05, 0) is 42.5 Å². The molecule has 2 aromatic carbocycles. The second-order valence-corrected chi connectivity index (χ2v) is 10.4. The van der Waals surface area contributed by atoms with E-state index in [2.05, 4.69) is 32.3 Å². The van der Waals surface area contributed by atoms with Gasteiger partial charge < -0.3 is 21.1 Å². The molecule has 0 saturated carbocycles. The molecule has 216 valence electrons. The Labute approximate surface area is 236 Å². The van der Waals surface area contributed by atoms with Gasteiger partial charge >= 0.3 is 5.97 Å². The van der Waals surface area contributed by atoms with Crippen LogP contribution in [0.15, 0.2) is 48.5 Å². The molecule has 4 atom stereocenters. The van der Waals surface area contributed by atoms with Gasteiger partial charge in [-0.3, -0.25) is 28.9 Å². The second kappa shape index (κ2) is 12.5. The van der Waals surface area contributed by atoms with Crippen molar-refractivity contribution in [2.75, 3.05) is 18.0 Å². The van der Waals surface area contributed by atoms with E-state index in [1.54, 1.807) is 30.3 Å². The molecule has 0 radical (unpaired) electrons. The number of para-hydroxylation sites is 1. The number of nitrogens with one attached hydrogen (secondary N) is 6. The van der Waals surface area contributed by atoms with E-state index in [0.29, 0.717) is 37.2 Å². The zero-order valence-corrected chi connectivity index (χ0v) is 22.3. The lowest BCUT2D eigenvalue weighted by atomic mass is 10.0. The van der Waals surface area contributed by atoms with Crippen LogP contribution >= 0.6 is 0 Å². The molecule has 3 aliphatic heterocycles. The Bertz CT molecular complexity index is 1330. The fourth-order valence-electron chi connectivity index (χ4n) is 5.46. The van der Waals surface area contributed by atoms with Gasteiger partial charge in [0.25, 0.3) is 5.91 Å². The van der Waals surface area contributed by atoms with Crippen molar-refractivity contribution in [3.05, 3.63) is 65.2 Å². The van der Waals surface area contributed by atoms with Crippen molar-refractivity contribution < 1.29 is 29.1 Å². The molecule has 0 aromatic heterocycles. The highest BCUT2D eigenvalue weighted by molar-refractivity contribution is 6.08. The number of rotatable bonds is 10. The molecule has 13 nitrogen and oxygen atoms in total. The van der Waals surface area contributed by atoms with Crippen LogP contribution in [0.3, 0.4) is 0 Å². The van der Waals surface area contributed by atoms with Crippen molar-refractivity contribution in [2.24, 2.45) is 0 Å². The molecular formula is C28H33N7O6. The molecule has 7 N–H and O–H groups in total. The van der Waals surface area contributed by atoms with Crippen molar-refractivity contribution >= 4 is 35.3 Å². The van der Waals surface area contributed by atoms with E-state index in [1.165, 1.54) is 4.90 Å². The van der Waals surface area contributed by atoms with E-state index in [9.17, 15) is 29.1 Å². The van der Waals surface area contributed by atoms with Crippen molar-refractivity contribution in [2.45, 2.75) is 56.3 Å². The number of hydrogen-bond acceptors (Lipinski definition) is 8. The molecule has 2 aromatic rings. The van der Waals surface area contributed by atoms with Gasteiger partial charge in [-0.25, -0.2) is 10.9 Å². The maximum atomic E-state index is 13.9. The molecule has 1 saturated heterocycles. The third kappa shape index (κ3) is 6.37. The lowest BCUT2D eigenvalue weighted by molar-refractivity contribution is -0.137. The van der Waals surface area contributed by atoms with Gasteiger partial charge in [0.05, 0.1) is 11.7 Å². The first kappa shape index (κ1) is 28.2. The summed E-state index contributed by atoms with van der Waals surface area (Å²) in [5.41, 5.74) is 11.5. The summed E-state index contributed by atoms with van der Waals surface area (Å²) in [6.07, 6.45) is 0.622. The van der Waals surface area contributed by atoms with E-state index in [-0.39, 0.29) is 31.2 Å². The number of carboxylic acids is 1. The van der Waals surface area contributed by atoms with Crippen LogP contribution < -0.4 is 37.2 Å². The van der Waals surface area contributed by atoms with Gasteiger partial charge in [0.15, 0.2) is 0 Å². The molecule has 3 heterocycles. The number of amides is 4. The first-order valence-corrected chi connectivity index (χ1v) is 13.6. The number of carbonyl (C=O) groups is 5. The minimum atomic E-state index is -1.17. The molecule has 3 aliphatic rings. The zero-order chi connectivity index (χ0) is 28.9. The minimum absolute atomic E-state index is 0.0148. The molecular weight excluding hydrogens is 530 g/mol. The Kier molecular flexibility index (Phi) is 8.57. The quantitative estimate of drug-likeness (QED) is 0.193. The molecule has 13 heteroatoms. The third-order valence-electron chi connectivity index (χ3n) is 7.57. The molecule has 0 spiro atoms. The number of carboxylic acid groups (broad SMARTS) is 1. The summed E-state index contributed by atoms with van der Waals surface area (Å²) < 4.78 is 0. The summed E-state index contributed by atoms with van der Waals surface area (Å²) in [5, 5.41) is 17.5. The van der Waals surface area contributed by atoms with Gasteiger partial charge in [0, 0.05) is 31.5 Å². The molecule has 1 unspecified atom stereocenters. The fraction of sp³-hybridized carbons (Fsp3) is 0.393. The smallest absolute Gasteiger partial charge is 0.303 e. The van der Waals surface area contributed by atoms with Crippen LogP contribution in [0.2, 0.25) is 0 Å². The number of benzene rings is 2. The Morgan fingerprint density at radius 1 is 1.05 bits per heavy atom. The van der Waals surface area contributed by atoms with Gasteiger partial charge in [0.1, 0.15) is 18.1 Å². The van der Waals surface area contributed by atoms with E-state index in [0.717, 1.165) is 11.1 Å². The highest BCUT2D eigenvalue weighted by Gasteiger charge is 2.44. The average Bonchev–Trinajstić information content (AvgIpc) is 3.61. The molecule has 0 aliphatic carbocycles. The molecule has 5 rings (SSSR count). The van der Waals surface area contributed by atoms with Crippen molar-refractivity contribution in [3.8, 4) is 0 Å². The number of hydrazine groups is 2. The maximum absolute atomic E-state index is 13.9. The first-order chi connectivity index (χ1) is 19.8. The summed E-state index contributed by atoms with van der Waals surface area (Å²) in [6, 6.07) is 11.0. The SMILES string of the molecule is O=C(O)CC[C@H](NC(=O)c1ccccc1)C(=O)N[C@H]1CCc2cccc3c2N(C1=O)[C@H](C(=O)NCC1CNNN1)C3. The summed E-state index contributed by atoms with van der Waals surface area (Å²) in [6.45, 7) is 0.975. The lowest BCUT2D eigenvalue weighted by Gasteiger charge is -2.29. The lowest BCUT2D eigenvalue weighted by Crippen LogP contribution is -2.57. The van der Waals surface area contributed by atoms with Crippen LogP contribution in [-0.2, 0) is 32.0 Å². The molecule has 0 bridgehead atoms. The predicted molar refractivity (Wildman–Crippen MR) is 147 cm³/mol. The maximum Gasteiger partial charge on any atom is 0.303 e. The summed E-state index contributed by atoms with van der Waals surface area (Å²) in [5.74, 6) is -3.02. The Hall–Kier alpha value is -4.33. The number of anilines is 1.